The number of carbonyl (C=O) groups is 1. The van der Waals surface area contributed by atoms with Crippen LogP contribution in [-0.4, -0.2) is 39.5 Å². The van der Waals surface area contributed by atoms with Crippen LogP contribution in [0.4, 0.5) is 5.69 Å². The van der Waals surface area contributed by atoms with E-state index in [1.807, 2.05) is 0 Å². The first kappa shape index (κ1) is 15.5. The number of sulfone groups is 1. The molecule has 19 heavy (non-hydrogen) atoms. The van der Waals surface area contributed by atoms with Crippen molar-refractivity contribution >= 4 is 21.5 Å². The number of methoxy groups -OCH3 is 1. The number of esters is 1. The molecule has 0 aliphatic rings. The summed E-state index contributed by atoms with van der Waals surface area (Å²) in [6, 6.07) is 4.98. The average molecular weight is 285 g/mol. The van der Waals surface area contributed by atoms with Gasteiger partial charge in [-0.1, -0.05) is 6.07 Å². The van der Waals surface area contributed by atoms with E-state index in [2.05, 4.69) is 5.32 Å². The standard InChI is InChI=1S/C13H19NO4S/c1-9(8-19(4,16)17)14-12-7-5-6-11(10(12)2)13(15)18-3/h5-7,9,14H,8H2,1-4H3. The Bertz CT molecular complexity index is 566. The van der Waals surface area contributed by atoms with Crippen LogP contribution >= 0.6 is 0 Å². The van der Waals surface area contributed by atoms with Crippen LogP contribution in [0.3, 0.4) is 0 Å². The van der Waals surface area contributed by atoms with Gasteiger partial charge in [-0.15, -0.1) is 0 Å². The summed E-state index contributed by atoms with van der Waals surface area (Å²) >= 11 is 0. The van der Waals surface area contributed by atoms with Crippen LogP contribution in [0.2, 0.25) is 0 Å². The minimum Gasteiger partial charge on any atom is -0.465 e. The molecule has 6 heteroatoms. The van der Waals surface area contributed by atoms with E-state index in [4.69, 9.17) is 4.74 Å². The van der Waals surface area contributed by atoms with Crippen LogP contribution in [0.15, 0.2) is 18.2 Å². The van der Waals surface area contributed by atoms with Crippen molar-refractivity contribution in [3.05, 3.63) is 29.3 Å². The molecule has 1 atom stereocenters. The van der Waals surface area contributed by atoms with Crippen LogP contribution in [0.1, 0.15) is 22.8 Å². The van der Waals surface area contributed by atoms with Gasteiger partial charge in [-0.25, -0.2) is 13.2 Å². The molecule has 1 rings (SSSR count). The van der Waals surface area contributed by atoms with Gasteiger partial charge in [0.25, 0.3) is 0 Å². The van der Waals surface area contributed by atoms with Gasteiger partial charge in [0.2, 0.25) is 0 Å². The third kappa shape index (κ3) is 4.55. The minimum absolute atomic E-state index is 0.0366. The Morgan fingerprint density at radius 2 is 2.05 bits per heavy atom. The van der Waals surface area contributed by atoms with Crippen LogP contribution < -0.4 is 5.32 Å². The lowest BCUT2D eigenvalue weighted by molar-refractivity contribution is 0.0600. The molecule has 0 aromatic heterocycles. The maximum atomic E-state index is 11.6. The number of hydrogen-bond acceptors (Lipinski definition) is 5. The molecule has 0 spiro atoms. The molecule has 0 fully saturated rings. The minimum atomic E-state index is -3.04. The van der Waals surface area contributed by atoms with Gasteiger partial charge in [-0.3, -0.25) is 0 Å². The van der Waals surface area contributed by atoms with Crippen molar-refractivity contribution < 1.29 is 17.9 Å². The molecular formula is C13H19NO4S. The van der Waals surface area contributed by atoms with E-state index >= 15 is 0 Å². The molecule has 1 aromatic rings. The van der Waals surface area contributed by atoms with Crippen molar-refractivity contribution in [2.24, 2.45) is 0 Å². The van der Waals surface area contributed by atoms with E-state index in [1.165, 1.54) is 13.4 Å². The van der Waals surface area contributed by atoms with Gasteiger partial charge >= 0.3 is 5.97 Å². The first-order chi connectivity index (χ1) is 8.74. The Balaban J connectivity index is 2.94. The number of carbonyl (C=O) groups excluding carboxylic acids is 1. The van der Waals surface area contributed by atoms with Crippen LogP contribution in [0.5, 0.6) is 0 Å². The van der Waals surface area contributed by atoms with Crippen molar-refractivity contribution in [1.29, 1.82) is 0 Å². The Labute approximate surface area is 113 Å². The fourth-order valence-electron chi connectivity index (χ4n) is 1.88. The van der Waals surface area contributed by atoms with E-state index in [1.54, 1.807) is 32.0 Å². The number of hydrogen-bond donors (Lipinski definition) is 1. The Morgan fingerprint density at radius 1 is 1.42 bits per heavy atom. The molecule has 5 nitrogen and oxygen atoms in total. The van der Waals surface area contributed by atoms with E-state index in [0.29, 0.717) is 5.56 Å². The number of benzene rings is 1. The van der Waals surface area contributed by atoms with Gasteiger partial charge in [-0.2, -0.15) is 0 Å². The van der Waals surface area contributed by atoms with Crippen LogP contribution in [0, 0.1) is 6.92 Å². The van der Waals surface area contributed by atoms with E-state index in [-0.39, 0.29) is 11.8 Å². The lowest BCUT2D eigenvalue weighted by atomic mass is 10.1. The highest BCUT2D eigenvalue weighted by Crippen LogP contribution is 2.20. The van der Waals surface area contributed by atoms with Crippen molar-refractivity contribution in [3.63, 3.8) is 0 Å². The topological polar surface area (TPSA) is 72.5 Å². The van der Waals surface area contributed by atoms with Gasteiger partial charge in [0.05, 0.1) is 18.4 Å². The smallest absolute Gasteiger partial charge is 0.338 e. The Morgan fingerprint density at radius 3 is 2.58 bits per heavy atom. The molecule has 0 saturated heterocycles. The molecule has 0 amide bonds. The summed E-state index contributed by atoms with van der Waals surface area (Å²) in [6.45, 7) is 3.58. The monoisotopic (exact) mass is 285 g/mol. The highest BCUT2D eigenvalue weighted by molar-refractivity contribution is 7.90. The zero-order chi connectivity index (χ0) is 14.6. The second kappa shape index (κ2) is 6.06. The largest absolute Gasteiger partial charge is 0.465 e. The summed E-state index contributed by atoms with van der Waals surface area (Å²) in [4.78, 5) is 11.6. The first-order valence-electron chi connectivity index (χ1n) is 5.87. The molecule has 1 N–H and O–H groups in total. The molecule has 0 saturated carbocycles. The van der Waals surface area contributed by atoms with Crippen LogP contribution in [0.25, 0.3) is 0 Å². The zero-order valence-electron chi connectivity index (χ0n) is 11.6. The Kier molecular flexibility index (Phi) is 4.94. The summed E-state index contributed by atoms with van der Waals surface area (Å²) in [5.41, 5.74) is 1.95. The maximum absolute atomic E-state index is 11.6. The number of ether oxygens (including phenoxy) is 1. The fourth-order valence-corrected chi connectivity index (χ4v) is 2.88. The van der Waals surface area contributed by atoms with Gasteiger partial charge in [-0.05, 0) is 31.5 Å². The molecule has 0 heterocycles. The van der Waals surface area contributed by atoms with Crippen molar-refractivity contribution in [3.8, 4) is 0 Å². The predicted molar refractivity (Wildman–Crippen MR) is 75.3 cm³/mol. The number of rotatable bonds is 5. The fraction of sp³-hybridized carbons (Fsp3) is 0.462. The maximum Gasteiger partial charge on any atom is 0.338 e. The summed E-state index contributed by atoms with van der Waals surface area (Å²) in [5.74, 6) is -0.369. The Hall–Kier alpha value is -1.56. The molecular weight excluding hydrogens is 266 g/mol. The highest BCUT2D eigenvalue weighted by atomic mass is 32.2. The second-order valence-electron chi connectivity index (χ2n) is 4.61. The summed E-state index contributed by atoms with van der Waals surface area (Å²) < 4.78 is 27.1. The van der Waals surface area contributed by atoms with Gasteiger partial charge in [0, 0.05) is 18.0 Å². The van der Waals surface area contributed by atoms with E-state index < -0.39 is 15.8 Å². The van der Waals surface area contributed by atoms with Gasteiger partial charge < -0.3 is 10.1 Å². The summed E-state index contributed by atoms with van der Waals surface area (Å²) in [7, 11) is -1.71. The highest BCUT2D eigenvalue weighted by Gasteiger charge is 2.15. The van der Waals surface area contributed by atoms with E-state index in [0.717, 1.165) is 11.3 Å². The van der Waals surface area contributed by atoms with Gasteiger partial charge in [0.15, 0.2) is 0 Å². The molecule has 1 aromatic carbocycles. The molecule has 0 aliphatic heterocycles. The van der Waals surface area contributed by atoms with Crippen LogP contribution in [-0.2, 0) is 14.6 Å². The molecule has 106 valence electrons. The average Bonchev–Trinajstić information content (AvgIpc) is 2.28. The molecule has 0 aliphatic carbocycles. The van der Waals surface area contributed by atoms with Crippen molar-refractivity contribution in [2.45, 2.75) is 19.9 Å². The second-order valence-corrected chi connectivity index (χ2v) is 6.79. The summed E-state index contributed by atoms with van der Waals surface area (Å²) in [6.07, 6.45) is 1.20. The van der Waals surface area contributed by atoms with Crippen molar-refractivity contribution in [1.82, 2.24) is 0 Å². The molecule has 1 unspecified atom stereocenters. The normalized spacial score (nSPS) is 12.8. The molecule has 0 radical (unpaired) electrons. The third-order valence-electron chi connectivity index (χ3n) is 2.69. The lowest BCUT2D eigenvalue weighted by Crippen LogP contribution is -2.25. The SMILES string of the molecule is COC(=O)c1cccc(NC(C)CS(C)(=O)=O)c1C. The number of nitrogens with one attached hydrogen (secondary N) is 1. The predicted octanol–water partition coefficient (Wildman–Crippen LogP) is 1.63. The van der Waals surface area contributed by atoms with Crippen molar-refractivity contribution in [2.75, 3.05) is 24.4 Å². The number of anilines is 1. The zero-order valence-corrected chi connectivity index (χ0v) is 12.4. The quantitative estimate of drug-likeness (QED) is 0.832. The summed E-state index contributed by atoms with van der Waals surface area (Å²) in [5, 5.41) is 3.10. The first-order valence-corrected chi connectivity index (χ1v) is 7.93. The third-order valence-corrected chi connectivity index (χ3v) is 3.80. The van der Waals surface area contributed by atoms with Gasteiger partial charge in [0.1, 0.15) is 9.84 Å². The van der Waals surface area contributed by atoms with E-state index in [9.17, 15) is 13.2 Å². The lowest BCUT2D eigenvalue weighted by Gasteiger charge is -2.17. The molecule has 0 bridgehead atoms.